The highest BCUT2D eigenvalue weighted by molar-refractivity contribution is 5.76. The number of carbonyl (C=O) groups excluding carboxylic acids is 1. The van der Waals surface area contributed by atoms with Crippen LogP contribution in [0.15, 0.2) is 48.6 Å². The third kappa shape index (κ3) is 29.4. The molecular weight excluding hydrogens is 731 g/mol. The lowest BCUT2D eigenvalue weighted by Gasteiger charge is -2.40. The summed E-state index contributed by atoms with van der Waals surface area (Å²) in [5, 5.41) is 54.1. The minimum Gasteiger partial charge on any atom is -0.394 e. The fourth-order valence-corrected chi connectivity index (χ4v) is 7.25. The number of carbonyl (C=O) groups is 1. The molecule has 338 valence electrons. The third-order valence-corrected chi connectivity index (χ3v) is 11.1. The molecule has 1 heterocycles. The number of ether oxygens (including phenoxy) is 2. The van der Waals surface area contributed by atoms with E-state index in [0.29, 0.717) is 6.42 Å². The van der Waals surface area contributed by atoms with E-state index in [0.717, 1.165) is 70.6 Å². The molecule has 58 heavy (non-hydrogen) atoms. The Morgan fingerprint density at radius 1 is 0.569 bits per heavy atom. The molecule has 1 aliphatic rings. The first-order valence-corrected chi connectivity index (χ1v) is 23.9. The van der Waals surface area contributed by atoms with Gasteiger partial charge < -0.3 is 40.3 Å². The molecule has 1 amide bonds. The Hall–Kier alpha value is -1.85. The second-order valence-corrected chi connectivity index (χ2v) is 16.5. The fourth-order valence-electron chi connectivity index (χ4n) is 7.25. The van der Waals surface area contributed by atoms with Crippen LogP contribution in [0.2, 0.25) is 0 Å². The summed E-state index contributed by atoms with van der Waals surface area (Å²) in [6.07, 6.45) is 43.2. The molecular formula is C49H89NO8. The fraction of sp³-hybridized carbons (Fsp3) is 0.816. The van der Waals surface area contributed by atoms with Crippen molar-refractivity contribution in [1.82, 2.24) is 5.32 Å². The van der Waals surface area contributed by atoms with Crippen LogP contribution in [-0.4, -0.2) is 87.5 Å². The van der Waals surface area contributed by atoms with Gasteiger partial charge in [0.05, 0.1) is 25.4 Å². The zero-order chi connectivity index (χ0) is 42.3. The van der Waals surface area contributed by atoms with E-state index >= 15 is 0 Å². The Morgan fingerprint density at radius 2 is 1.02 bits per heavy atom. The second-order valence-electron chi connectivity index (χ2n) is 16.5. The van der Waals surface area contributed by atoms with Crippen LogP contribution in [0.4, 0.5) is 0 Å². The van der Waals surface area contributed by atoms with E-state index in [1.165, 1.54) is 109 Å². The van der Waals surface area contributed by atoms with Crippen molar-refractivity contribution in [3.05, 3.63) is 48.6 Å². The summed E-state index contributed by atoms with van der Waals surface area (Å²) in [4.78, 5) is 12.9. The van der Waals surface area contributed by atoms with Gasteiger partial charge in [0.25, 0.3) is 0 Å². The molecule has 7 atom stereocenters. The number of rotatable bonds is 39. The Morgan fingerprint density at radius 3 is 1.52 bits per heavy atom. The molecule has 1 rings (SSSR count). The van der Waals surface area contributed by atoms with Crippen LogP contribution < -0.4 is 5.32 Å². The number of hydrogen-bond acceptors (Lipinski definition) is 8. The molecule has 7 unspecified atom stereocenters. The van der Waals surface area contributed by atoms with Crippen molar-refractivity contribution < 1.29 is 39.8 Å². The Balaban J connectivity index is 2.31. The largest absolute Gasteiger partial charge is 0.394 e. The summed E-state index contributed by atoms with van der Waals surface area (Å²) in [5.41, 5.74) is 0. The lowest BCUT2D eigenvalue weighted by molar-refractivity contribution is -0.302. The Bertz CT molecular complexity index is 1050. The number of unbranched alkanes of at least 4 members (excludes halogenated alkanes) is 23. The van der Waals surface area contributed by atoms with Gasteiger partial charge in [-0.05, 0) is 64.2 Å². The molecule has 9 heteroatoms. The minimum absolute atomic E-state index is 0.204. The van der Waals surface area contributed by atoms with E-state index in [1.54, 1.807) is 6.08 Å². The SMILES string of the molecule is CCC/C=C\CCCCCCCC(=O)NC(COC1OC(CO)C(O)C(O)C1O)C(O)/C=C/CC/C=C/CC/C=C/CCCCCCCCCCCCCCCCC. The normalized spacial score (nSPS) is 21.3. The third-order valence-electron chi connectivity index (χ3n) is 11.1. The van der Waals surface area contributed by atoms with Crippen molar-refractivity contribution in [3.63, 3.8) is 0 Å². The first kappa shape index (κ1) is 54.2. The van der Waals surface area contributed by atoms with Crippen LogP contribution in [0.3, 0.4) is 0 Å². The molecule has 1 saturated heterocycles. The number of nitrogens with one attached hydrogen (secondary N) is 1. The van der Waals surface area contributed by atoms with Crippen molar-refractivity contribution in [2.45, 2.75) is 243 Å². The quantitative estimate of drug-likeness (QED) is 0.0265. The zero-order valence-corrected chi connectivity index (χ0v) is 37.0. The lowest BCUT2D eigenvalue weighted by atomic mass is 9.99. The molecule has 0 radical (unpaired) electrons. The molecule has 0 spiro atoms. The van der Waals surface area contributed by atoms with Crippen molar-refractivity contribution in [2.75, 3.05) is 13.2 Å². The highest BCUT2D eigenvalue weighted by atomic mass is 16.7. The number of aliphatic hydroxyl groups excluding tert-OH is 5. The average Bonchev–Trinajstić information content (AvgIpc) is 3.22. The molecule has 0 aromatic rings. The summed E-state index contributed by atoms with van der Waals surface area (Å²) in [6.45, 7) is 3.67. The van der Waals surface area contributed by atoms with Crippen LogP contribution in [0.25, 0.3) is 0 Å². The topological polar surface area (TPSA) is 149 Å². The van der Waals surface area contributed by atoms with Crippen molar-refractivity contribution >= 4 is 5.91 Å². The average molecular weight is 820 g/mol. The molecule has 6 N–H and O–H groups in total. The van der Waals surface area contributed by atoms with E-state index in [9.17, 15) is 30.3 Å². The molecule has 0 aromatic heterocycles. The standard InChI is InChI=1S/C49H89NO8/c1-3-5-7-9-11-13-15-16-17-18-19-20-21-22-23-24-25-26-27-28-29-30-32-34-36-38-43(52)42(41-57-49-48(56)47(55)46(54)44(40-51)58-49)50-45(53)39-37-35-33-31-14-12-10-8-6-4-2/h8,10,25-26,29-30,36,38,42-44,46-49,51-52,54-56H,3-7,9,11-24,27-28,31-35,37,39-41H2,1-2H3,(H,50,53)/b10-8-,26-25+,30-29+,38-36+. The van der Waals surface area contributed by atoms with Gasteiger partial charge in [0, 0.05) is 6.42 Å². The lowest BCUT2D eigenvalue weighted by Crippen LogP contribution is -2.60. The molecule has 1 aliphatic heterocycles. The molecule has 0 aromatic carbocycles. The highest BCUT2D eigenvalue weighted by Crippen LogP contribution is 2.22. The summed E-state index contributed by atoms with van der Waals surface area (Å²) < 4.78 is 11.2. The van der Waals surface area contributed by atoms with Crippen molar-refractivity contribution in [3.8, 4) is 0 Å². The van der Waals surface area contributed by atoms with Crippen molar-refractivity contribution in [1.29, 1.82) is 0 Å². The second kappa shape index (κ2) is 39.3. The maximum absolute atomic E-state index is 12.9. The van der Waals surface area contributed by atoms with Gasteiger partial charge in [-0.2, -0.15) is 0 Å². The molecule has 0 bridgehead atoms. The molecule has 0 aliphatic carbocycles. The van der Waals surface area contributed by atoms with Crippen molar-refractivity contribution in [2.24, 2.45) is 0 Å². The van der Waals surface area contributed by atoms with Gasteiger partial charge in [0.1, 0.15) is 24.4 Å². The van der Waals surface area contributed by atoms with Gasteiger partial charge in [-0.1, -0.05) is 178 Å². The summed E-state index contributed by atoms with van der Waals surface area (Å²) in [6, 6.07) is -0.831. The van der Waals surface area contributed by atoms with Gasteiger partial charge in [0.2, 0.25) is 5.91 Å². The Kier molecular flexibility index (Phi) is 36.7. The summed E-state index contributed by atoms with van der Waals surface area (Å²) >= 11 is 0. The predicted molar refractivity (Wildman–Crippen MR) is 239 cm³/mol. The monoisotopic (exact) mass is 820 g/mol. The first-order valence-electron chi connectivity index (χ1n) is 23.9. The van der Waals surface area contributed by atoms with Crippen LogP contribution in [0, 0.1) is 0 Å². The predicted octanol–water partition coefficient (Wildman–Crippen LogP) is 10.2. The minimum atomic E-state index is -1.58. The van der Waals surface area contributed by atoms with Crippen LogP contribution >= 0.6 is 0 Å². The number of aliphatic hydroxyl groups is 5. The van der Waals surface area contributed by atoms with Gasteiger partial charge in [-0.3, -0.25) is 4.79 Å². The van der Waals surface area contributed by atoms with E-state index in [2.05, 4.69) is 55.6 Å². The van der Waals surface area contributed by atoms with E-state index in [-0.39, 0.29) is 12.5 Å². The van der Waals surface area contributed by atoms with Crippen LogP contribution in [0.5, 0.6) is 0 Å². The number of hydrogen-bond donors (Lipinski definition) is 6. The van der Waals surface area contributed by atoms with Crippen LogP contribution in [0.1, 0.15) is 200 Å². The maximum atomic E-state index is 12.9. The van der Waals surface area contributed by atoms with Gasteiger partial charge in [0.15, 0.2) is 6.29 Å². The van der Waals surface area contributed by atoms with Crippen LogP contribution in [-0.2, 0) is 14.3 Å². The highest BCUT2D eigenvalue weighted by Gasteiger charge is 2.44. The summed E-state index contributed by atoms with van der Waals surface area (Å²) in [5.74, 6) is -0.204. The Labute approximate surface area is 354 Å². The van der Waals surface area contributed by atoms with Gasteiger partial charge in [-0.15, -0.1) is 0 Å². The molecule has 0 saturated carbocycles. The first-order chi connectivity index (χ1) is 28.3. The maximum Gasteiger partial charge on any atom is 0.220 e. The van der Waals surface area contributed by atoms with E-state index < -0.39 is 49.5 Å². The molecule has 1 fully saturated rings. The molecule has 9 nitrogen and oxygen atoms in total. The van der Waals surface area contributed by atoms with Gasteiger partial charge >= 0.3 is 0 Å². The van der Waals surface area contributed by atoms with Gasteiger partial charge in [-0.25, -0.2) is 0 Å². The van der Waals surface area contributed by atoms with E-state index in [1.807, 2.05) is 6.08 Å². The smallest absolute Gasteiger partial charge is 0.220 e. The number of allylic oxidation sites excluding steroid dienone is 7. The zero-order valence-electron chi connectivity index (χ0n) is 37.0. The van der Waals surface area contributed by atoms with E-state index in [4.69, 9.17) is 9.47 Å². The number of amides is 1. The summed E-state index contributed by atoms with van der Waals surface area (Å²) in [7, 11) is 0.